The Labute approximate surface area is 118 Å². The van der Waals surface area contributed by atoms with Gasteiger partial charge in [-0.1, -0.05) is 0 Å². The maximum Gasteiger partial charge on any atom is 0.305 e. The molecular formula is C12H19N3O4S. The first-order chi connectivity index (χ1) is 9.23. The molecule has 0 atom stereocenters. The first kappa shape index (κ1) is 15.0. The molecule has 8 heteroatoms. The standard InChI is InChI=1S/C12H19N3O4S/c1-12(2)5-3-6-15(12)20(18,19)10-8-13-14(9-10)7-4-11(16)17/h8-9H,3-7H2,1-2H3,(H,16,17). The predicted octanol–water partition coefficient (Wildman–Crippen LogP) is 0.921. The van der Waals surface area contributed by atoms with E-state index in [2.05, 4.69) is 5.10 Å². The summed E-state index contributed by atoms with van der Waals surface area (Å²) in [5.74, 6) is -0.939. The summed E-state index contributed by atoms with van der Waals surface area (Å²) in [5.41, 5.74) is -0.387. The van der Waals surface area contributed by atoms with Crippen LogP contribution in [0.1, 0.15) is 33.1 Å². The zero-order chi connectivity index (χ0) is 15.0. The van der Waals surface area contributed by atoms with Crippen LogP contribution in [0.4, 0.5) is 0 Å². The van der Waals surface area contributed by atoms with Crippen molar-refractivity contribution in [3.8, 4) is 0 Å². The smallest absolute Gasteiger partial charge is 0.305 e. The molecule has 2 rings (SSSR count). The Kier molecular flexibility index (Phi) is 3.88. The maximum absolute atomic E-state index is 12.6. The van der Waals surface area contributed by atoms with Crippen molar-refractivity contribution in [3.63, 3.8) is 0 Å². The molecule has 0 spiro atoms. The lowest BCUT2D eigenvalue weighted by Crippen LogP contribution is -2.42. The van der Waals surface area contributed by atoms with Crippen molar-refractivity contribution in [1.29, 1.82) is 0 Å². The summed E-state index contributed by atoms with van der Waals surface area (Å²) in [5, 5.41) is 12.5. The van der Waals surface area contributed by atoms with Crippen LogP contribution in [0.3, 0.4) is 0 Å². The lowest BCUT2D eigenvalue weighted by Gasteiger charge is -2.29. The maximum atomic E-state index is 12.6. The van der Waals surface area contributed by atoms with Crippen molar-refractivity contribution in [2.24, 2.45) is 0 Å². The summed E-state index contributed by atoms with van der Waals surface area (Å²) >= 11 is 0. The number of carbonyl (C=O) groups is 1. The molecule has 0 radical (unpaired) electrons. The Morgan fingerprint density at radius 2 is 2.20 bits per heavy atom. The summed E-state index contributed by atoms with van der Waals surface area (Å²) in [6, 6.07) is 0. The molecule has 7 nitrogen and oxygen atoms in total. The Hall–Kier alpha value is -1.41. The number of hydrogen-bond donors (Lipinski definition) is 1. The molecule has 0 amide bonds. The van der Waals surface area contributed by atoms with Gasteiger partial charge in [0.25, 0.3) is 0 Å². The summed E-state index contributed by atoms with van der Waals surface area (Å²) in [6.45, 7) is 4.49. The lowest BCUT2D eigenvalue weighted by molar-refractivity contribution is -0.137. The Balaban J connectivity index is 2.20. The van der Waals surface area contributed by atoms with Crippen molar-refractivity contribution in [2.75, 3.05) is 6.54 Å². The highest BCUT2D eigenvalue weighted by Gasteiger charge is 2.41. The van der Waals surface area contributed by atoms with Gasteiger partial charge in [-0.2, -0.15) is 9.40 Å². The fourth-order valence-corrected chi connectivity index (χ4v) is 4.27. The van der Waals surface area contributed by atoms with E-state index in [-0.39, 0.29) is 23.4 Å². The van der Waals surface area contributed by atoms with E-state index < -0.39 is 16.0 Å². The number of rotatable bonds is 5. The van der Waals surface area contributed by atoms with Gasteiger partial charge in [0.1, 0.15) is 4.90 Å². The van der Waals surface area contributed by atoms with Crippen molar-refractivity contribution in [2.45, 2.75) is 50.1 Å². The number of aryl methyl sites for hydroxylation is 1. The van der Waals surface area contributed by atoms with E-state index in [1.165, 1.54) is 21.4 Å². The highest BCUT2D eigenvalue weighted by molar-refractivity contribution is 7.89. The second-order valence-electron chi connectivity index (χ2n) is 5.58. The Morgan fingerprint density at radius 1 is 1.50 bits per heavy atom. The number of aromatic nitrogens is 2. The van der Waals surface area contributed by atoms with Crippen molar-refractivity contribution in [3.05, 3.63) is 12.4 Å². The molecule has 1 aliphatic heterocycles. The molecular weight excluding hydrogens is 282 g/mol. The minimum absolute atomic E-state index is 0.0869. The molecule has 1 aromatic heterocycles. The van der Waals surface area contributed by atoms with Crippen molar-refractivity contribution in [1.82, 2.24) is 14.1 Å². The number of aliphatic carboxylic acids is 1. The second kappa shape index (κ2) is 5.17. The molecule has 1 N–H and O–H groups in total. The molecule has 112 valence electrons. The van der Waals surface area contributed by atoms with Crippen LogP contribution < -0.4 is 0 Å². The SMILES string of the molecule is CC1(C)CCCN1S(=O)(=O)c1cnn(CCC(=O)O)c1. The van der Waals surface area contributed by atoms with E-state index in [0.717, 1.165) is 12.8 Å². The van der Waals surface area contributed by atoms with Crippen molar-refractivity contribution >= 4 is 16.0 Å². The van der Waals surface area contributed by atoms with Gasteiger partial charge in [0.2, 0.25) is 10.0 Å². The summed E-state index contributed by atoms with van der Waals surface area (Å²) in [4.78, 5) is 10.6. The van der Waals surface area contributed by atoms with Gasteiger partial charge in [0.15, 0.2) is 0 Å². The molecule has 0 unspecified atom stereocenters. The van der Waals surface area contributed by atoms with Gasteiger partial charge < -0.3 is 5.11 Å². The second-order valence-corrected chi connectivity index (χ2v) is 7.44. The lowest BCUT2D eigenvalue weighted by atomic mass is 10.0. The molecule has 1 saturated heterocycles. The van der Waals surface area contributed by atoms with E-state index in [1.807, 2.05) is 13.8 Å². The van der Waals surface area contributed by atoms with E-state index in [4.69, 9.17) is 5.11 Å². The number of hydrogen-bond acceptors (Lipinski definition) is 4. The normalized spacial score (nSPS) is 19.3. The topological polar surface area (TPSA) is 92.5 Å². The molecule has 1 aliphatic rings. The van der Waals surface area contributed by atoms with Crippen LogP contribution in [0.15, 0.2) is 17.3 Å². The number of sulfonamides is 1. The predicted molar refractivity (Wildman–Crippen MR) is 71.7 cm³/mol. The minimum atomic E-state index is -3.56. The minimum Gasteiger partial charge on any atom is -0.481 e. The Bertz CT molecular complexity index is 606. The average molecular weight is 301 g/mol. The van der Waals surface area contributed by atoms with Gasteiger partial charge >= 0.3 is 5.97 Å². The molecule has 1 aromatic rings. The van der Waals surface area contributed by atoms with Gasteiger partial charge in [-0.05, 0) is 26.7 Å². The first-order valence-corrected chi connectivity index (χ1v) is 7.94. The van der Waals surface area contributed by atoms with Crippen LogP contribution >= 0.6 is 0 Å². The quantitative estimate of drug-likeness (QED) is 0.873. The average Bonchev–Trinajstić information content (AvgIpc) is 2.92. The van der Waals surface area contributed by atoms with Crippen LogP contribution in [0.2, 0.25) is 0 Å². The highest BCUT2D eigenvalue weighted by atomic mass is 32.2. The van der Waals surface area contributed by atoms with Gasteiger partial charge in [-0.3, -0.25) is 9.48 Å². The number of nitrogens with zero attached hydrogens (tertiary/aromatic N) is 3. The van der Waals surface area contributed by atoms with Gasteiger partial charge in [0, 0.05) is 18.3 Å². The van der Waals surface area contributed by atoms with Gasteiger partial charge in [-0.25, -0.2) is 8.42 Å². The summed E-state index contributed by atoms with van der Waals surface area (Å²) in [6.07, 6.45) is 4.27. The zero-order valence-corrected chi connectivity index (χ0v) is 12.4. The Morgan fingerprint density at radius 3 is 2.75 bits per heavy atom. The van der Waals surface area contributed by atoms with Crippen LogP contribution in [-0.4, -0.2) is 45.7 Å². The zero-order valence-electron chi connectivity index (χ0n) is 11.6. The van der Waals surface area contributed by atoms with Gasteiger partial charge in [-0.15, -0.1) is 0 Å². The third kappa shape index (κ3) is 2.85. The van der Waals surface area contributed by atoms with E-state index in [9.17, 15) is 13.2 Å². The first-order valence-electron chi connectivity index (χ1n) is 6.50. The molecule has 20 heavy (non-hydrogen) atoms. The van der Waals surface area contributed by atoms with Crippen molar-refractivity contribution < 1.29 is 18.3 Å². The van der Waals surface area contributed by atoms with E-state index in [1.54, 1.807) is 0 Å². The number of carboxylic acids is 1. The summed E-state index contributed by atoms with van der Waals surface area (Å²) in [7, 11) is -3.56. The monoisotopic (exact) mass is 301 g/mol. The number of carboxylic acid groups (broad SMARTS) is 1. The largest absolute Gasteiger partial charge is 0.481 e. The van der Waals surface area contributed by atoms with E-state index >= 15 is 0 Å². The van der Waals surface area contributed by atoms with E-state index in [0.29, 0.717) is 6.54 Å². The molecule has 0 saturated carbocycles. The summed E-state index contributed by atoms with van der Waals surface area (Å²) < 4.78 is 28.0. The molecule has 1 fully saturated rings. The van der Waals surface area contributed by atoms with Crippen LogP contribution in [0, 0.1) is 0 Å². The molecule has 0 bridgehead atoms. The third-order valence-electron chi connectivity index (χ3n) is 3.58. The molecule has 0 aliphatic carbocycles. The van der Waals surface area contributed by atoms with Gasteiger partial charge in [0.05, 0.1) is 19.2 Å². The third-order valence-corrected chi connectivity index (χ3v) is 5.64. The van der Waals surface area contributed by atoms with Crippen LogP contribution in [0.25, 0.3) is 0 Å². The fraction of sp³-hybridized carbons (Fsp3) is 0.667. The fourth-order valence-electron chi connectivity index (χ4n) is 2.47. The van der Waals surface area contributed by atoms with Crippen LogP contribution in [0.5, 0.6) is 0 Å². The van der Waals surface area contributed by atoms with Crippen LogP contribution in [-0.2, 0) is 21.4 Å². The molecule has 2 heterocycles. The highest BCUT2D eigenvalue weighted by Crippen LogP contribution is 2.33. The molecule has 0 aromatic carbocycles.